The number of hydrogen-bond donors (Lipinski definition) is 3. The van der Waals surface area contributed by atoms with Crippen LogP contribution in [0.15, 0.2) is 12.1 Å². The molecule has 1 atom stereocenters. The van der Waals surface area contributed by atoms with Gasteiger partial charge in [-0.1, -0.05) is 31.7 Å². The summed E-state index contributed by atoms with van der Waals surface area (Å²) in [4.78, 5) is 16.1. The smallest absolute Gasteiger partial charge is 0.320 e. The molecule has 2 rings (SSSR count). The normalized spacial score (nSPS) is 14.3. The second-order valence-electron chi connectivity index (χ2n) is 7.69. The van der Waals surface area contributed by atoms with E-state index in [1.54, 1.807) is 7.11 Å². The third-order valence-corrected chi connectivity index (χ3v) is 5.34. The van der Waals surface area contributed by atoms with Crippen LogP contribution in [0.1, 0.15) is 69.0 Å². The van der Waals surface area contributed by atoms with Crippen LogP contribution >= 0.6 is 0 Å². The summed E-state index contributed by atoms with van der Waals surface area (Å²) in [6.45, 7) is 2.50. The Morgan fingerprint density at radius 1 is 1.21 bits per heavy atom. The predicted molar refractivity (Wildman–Crippen MR) is 113 cm³/mol. The van der Waals surface area contributed by atoms with Gasteiger partial charge in [0.25, 0.3) is 0 Å². The molecule has 3 N–H and O–H groups in total. The molecule has 6 nitrogen and oxygen atoms in total. The number of unbranched alkanes of at least 4 members (excludes halogenated alkanes) is 5. The standard InChI is InChI=1S/C22H37N3O3/c1-28-17-8-7-15-23-20(22(26)27)12-6-4-2-3-5-11-19-14-13-18-10-9-16-24-21(18)25-19/h13-14,20,23H,2-12,15-17H2,1H3,(H,24,25)(H,26,27). The SMILES string of the molecule is COCCCCNC(CCCCCCCc1ccc2c(n1)NCCC2)C(=O)O. The number of carbonyl (C=O) groups is 1. The summed E-state index contributed by atoms with van der Waals surface area (Å²) in [5.74, 6) is 0.344. The van der Waals surface area contributed by atoms with E-state index in [4.69, 9.17) is 9.72 Å². The molecule has 1 aromatic rings. The van der Waals surface area contributed by atoms with Crippen LogP contribution in [0.2, 0.25) is 0 Å². The molecule has 158 valence electrons. The van der Waals surface area contributed by atoms with Crippen LogP contribution < -0.4 is 10.6 Å². The van der Waals surface area contributed by atoms with Gasteiger partial charge in [0.05, 0.1) is 0 Å². The molecule has 1 aliphatic heterocycles. The number of aliphatic carboxylic acids is 1. The van der Waals surface area contributed by atoms with Gasteiger partial charge < -0.3 is 20.5 Å². The third-order valence-electron chi connectivity index (χ3n) is 5.34. The second kappa shape index (κ2) is 13.5. The highest BCUT2D eigenvalue weighted by Crippen LogP contribution is 2.20. The lowest BCUT2D eigenvalue weighted by Crippen LogP contribution is -2.37. The number of fused-ring (bicyclic) bond motifs is 1. The summed E-state index contributed by atoms with van der Waals surface area (Å²) in [5, 5.41) is 15.9. The molecular weight excluding hydrogens is 354 g/mol. The van der Waals surface area contributed by atoms with E-state index in [1.807, 2.05) is 0 Å². The molecule has 6 heteroatoms. The summed E-state index contributed by atoms with van der Waals surface area (Å²) in [6.07, 6.45) is 11.5. The monoisotopic (exact) mass is 391 g/mol. The van der Waals surface area contributed by atoms with Gasteiger partial charge in [-0.2, -0.15) is 0 Å². The van der Waals surface area contributed by atoms with Gasteiger partial charge in [-0.25, -0.2) is 4.98 Å². The largest absolute Gasteiger partial charge is 0.480 e. The highest BCUT2D eigenvalue weighted by molar-refractivity contribution is 5.73. The van der Waals surface area contributed by atoms with Crippen LogP contribution in [0.25, 0.3) is 0 Å². The number of anilines is 1. The van der Waals surface area contributed by atoms with Crippen molar-refractivity contribution in [1.82, 2.24) is 10.3 Å². The van der Waals surface area contributed by atoms with Crippen molar-refractivity contribution in [2.45, 2.75) is 76.7 Å². The van der Waals surface area contributed by atoms with Crippen molar-refractivity contribution in [2.24, 2.45) is 0 Å². The molecule has 0 spiro atoms. The zero-order valence-electron chi connectivity index (χ0n) is 17.3. The van der Waals surface area contributed by atoms with E-state index in [2.05, 4.69) is 22.8 Å². The Morgan fingerprint density at radius 3 is 2.86 bits per heavy atom. The Morgan fingerprint density at radius 2 is 2.04 bits per heavy atom. The van der Waals surface area contributed by atoms with E-state index in [1.165, 1.54) is 24.1 Å². The molecule has 2 heterocycles. The lowest BCUT2D eigenvalue weighted by atomic mass is 10.0. The Hall–Kier alpha value is -1.66. The predicted octanol–water partition coefficient (Wildman–Crippen LogP) is 3.79. The van der Waals surface area contributed by atoms with Crippen LogP contribution in [0, 0.1) is 0 Å². The number of aromatic nitrogens is 1. The average Bonchev–Trinajstić information content (AvgIpc) is 2.71. The number of methoxy groups -OCH3 is 1. The molecule has 1 aromatic heterocycles. The fourth-order valence-electron chi connectivity index (χ4n) is 3.65. The van der Waals surface area contributed by atoms with E-state index < -0.39 is 12.0 Å². The van der Waals surface area contributed by atoms with Gasteiger partial charge in [0.2, 0.25) is 0 Å². The maximum atomic E-state index is 11.3. The highest BCUT2D eigenvalue weighted by Gasteiger charge is 2.15. The molecule has 1 unspecified atom stereocenters. The topological polar surface area (TPSA) is 83.5 Å². The Kier molecular flexibility index (Phi) is 10.9. The van der Waals surface area contributed by atoms with Gasteiger partial charge in [0.1, 0.15) is 11.9 Å². The van der Waals surface area contributed by atoms with Crippen LogP contribution in [-0.4, -0.2) is 48.9 Å². The molecule has 28 heavy (non-hydrogen) atoms. The fraction of sp³-hybridized carbons (Fsp3) is 0.727. The van der Waals surface area contributed by atoms with Crippen LogP contribution in [0.4, 0.5) is 5.82 Å². The number of aryl methyl sites for hydroxylation is 2. The Labute approximate surface area is 169 Å². The van der Waals surface area contributed by atoms with E-state index in [-0.39, 0.29) is 0 Å². The van der Waals surface area contributed by atoms with Crippen LogP contribution in [-0.2, 0) is 22.4 Å². The number of carboxylic acids is 1. The van der Waals surface area contributed by atoms with Crippen molar-refractivity contribution in [3.05, 3.63) is 23.4 Å². The van der Waals surface area contributed by atoms with Crippen LogP contribution in [0.3, 0.4) is 0 Å². The highest BCUT2D eigenvalue weighted by atomic mass is 16.5. The first-order valence-corrected chi connectivity index (χ1v) is 10.9. The van der Waals surface area contributed by atoms with E-state index >= 15 is 0 Å². The van der Waals surface area contributed by atoms with Crippen LogP contribution in [0.5, 0.6) is 0 Å². The summed E-state index contributed by atoms with van der Waals surface area (Å²) in [5.41, 5.74) is 2.52. The third kappa shape index (κ3) is 8.57. The average molecular weight is 392 g/mol. The molecule has 0 saturated carbocycles. The van der Waals surface area contributed by atoms with Crippen molar-refractivity contribution in [1.29, 1.82) is 0 Å². The zero-order chi connectivity index (χ0) is 20.0. The van der Waals surface area contributed by atoms with E-state index in [9.17, 15) is 9.90 Å². The number of carboxylic acid groups (broad SMARTS) is 1. The zero-order valence-corrected chi connectivity index (χ0v) is 17.3. The van der Waals surface area contributed by atoms with Crippen molar-refractivity contribution in [2.75, 3.05) is 32.1 Å². The molecule has 0 bridgehead atoms. The molecule has 1 aliphatic rings. The number of hydrogen-bond acceptors (Lipinski definition) is 5. The van der Waals surface area contributed by atoms with Gasteiger partial charge in [0, 0.05) is 26.0 Å². The molecule has 0 radical (unpaired) electrons. The Bertz CT molecular complexity index is 580. The molecular formula is C22H37N3O3. The number of rotatable bonds is 15. The summed E-state index contributed by atoms with van der Waals surface area (Å²) in [7, 11) is 1.69. The quantitative estimate of drug-likeness (QED) is 0.395. The van der Waals surface area contributed by atoms with Gasteiger partial charge >= 0.3 is 5.97 Å². The maximum Gasteiger partial charge on any atom is 0.320 e. The molecule has 0 saturated heterocycles. The minimum atomic E-state index is -0.737. The van der Waals surface area contributed by atoms with Gasteiger partial charge in [-0.15, -0.1) is 0 Å². The van der Waals surface area contributed by atoms with E-state index in [0.717, 1.165) is 76.9 Å². The van der Waals surface area contributed by atoms with Crippen molar-refractivity contribution < 1.29 is 14.6 Å². The second-order valence-corrected chi connectivity index (χ2v) is 7.69. The molecule has 0 aromatic carbocycles. The summed E-state index contributed by atoms with van der Waals surface area (Å²) in [6, 6.07) is 3.97. The Balaban J connectivity index is 1.52. The van der Waals surface area contributed by atoms with Gasteiger partial charge in [-0.05, 0) is 63.1 Å². The first-order valence-electron chi connectivity index (χ1n) is 10.9. The van der Waals surface area contributed by atoms with E-state index in [0.29, 0.717) is 6.42 Å². The van der Waals surface area contributed by atoms with Gasteiger partial charge in [0.15, 0.2) is 0 Å². The first kappa shape index (κ1) is 22.6. The first-order chi connectivity index (χ1) is 13.7. The minimum absolute atomic E-state index is 0.422. The molecule has 0 fully saturated rings. The summed E-state index contributed by atoms with van der Waals surface area (Å²) < 4.78 is 5.01. The molecule has 0 amide bonds. The van der Waals surface area contributed by atoms with Gasteiger partial charge in [-0.3, -0.25) is 4.79 Å². The van der Waals surface area contributed by atoms with Crippen molar-refractivity contribution in [3.8, 4) is 0 Å². The fourth-order valence-corrected chi connectivity index (χ4v) is 3.65. The van der Waals surface area contributed by atoms with Crippen molar-refractivity contribution in [3.63, 3.8) is 0 Å². The number of ether oxygens (including phenoxy) is 1. The lowest BCUT2D eigenvalue weighted by molar-refractivity contribution is -0.139. The lowest BCUT2D eigenvalue weighted by Gasteiger charge is -2.17. The number of nitrogens with one attached hydrogen (secondary N) is 2. The number of nitrogens with zero attached hydrogens (tertiary/aromatic N) is 1. The molecule has 0 aliphatic carbocycles. The minimum Gasteiger partial charge on any atom is -0.480 e. The summed E-state index contributed by atoms with van der Waals surface area (Å²) >= 11 is 0. The maximum absolute atomic E-state index is 11.3. The number of pyridine rings is 1. The van der Waals surface area contributed by atoms with Crippen molar-refractivity contribution >= 4 is 11.8 Å².